The summed E-state index contributed by atoms with van der Waals surface area (Å²) in [7, 11) is 0. The van der Waals surface area contributed by atoms with E-state index in [1.54, 1.807) is 12.1 Å². The predicted octanol–water partition coefficient (Wildman–Crippen LogP) is 1.93. The van der Waals surface area contributed by atoms with Crippen molar-refractivity contribution in [3.8, 4) is 28.7 Å². The van der Waals surface area contributed by atoms with Crippen molar-refractivity contribution in [2.75, 3.05) is 0 Å². The SMILES string of the molecule is C=c1ccc2c(c1O)Oc1c(ccc(O)c1O)C=2C1CC1. The average molecular weight is 282 g/mol. The molecule has 1 fully saturated rings. The van der Waals surface area contributed by atoms with E-state index >= 15 is 0 Å². The van der Waals surface area contributed by atoms with Gasteiger partial charge in [0.15, 0.2) is 23.0 Å². The monoisotopic (exact) mass is 282 g/mol. The summed E-state index contributed by atoms with van der Waals surface area (Å²) in [6.45, 7) is 3.76. The standard InChI is InChI=1S/C17H14O4/c1-8-2-5-10-13(9-3-4-9)11-6-7-12(18)15(20)17(11)21-16(10)14(8)19/h2,5-7,9,18-20H,1,3-4H2. The molecular weight excluding hydrogens is 268 g/mol. The average Bonchev–Trinajstić information content (AvgIpc) is 3.30. The van der Waals surface area contributed by atoms with Gasteiger partial charge in [0.05, 0.1) is 0 Å². The van der Waals surface area contributed by atoms with Gasteiger partial charge in [-0.1, -0.05) is 18.7 Å². The molecule has 4 rings (SSSR count). The first-order valence-corrected chi connectivity index (χ1v) is 6.86. The van der Waals surface area contributed by atoms with Gasteiger partial charge in [-0.2, -0.15) is 0 Å². The fourth-order valence-electron chi connectivity index (χ4n) is 2.86. The maximum absolute atomic E-state index is 10.2. The summed E-state index contributed by atoms with van der Waals surface area (Å²) >= 11 is 0. The van der Waals surface area contributed by atoms with Crippen LogP contribution in [0.2, 0.25) is 0 Å². The molecule has 0 unspecified atom stereocenters. The molecule has 1 aliphatic carbocycles. The second-order valence-electron chi connectivity index (χ2n) is 5.55. The summed E-state index contributed by atoms with van der Waals surface area (Å²) in [4.78, 5) is 0. The van der Waals surface area contributed by atoms with Gasteiger partial charge in [0.25, 0.3) is 0 Å². The van der Waals surface area contributed by atoms with Gasteiger partial charge in [0, 0.05) is 16.0 Å². The Balaban J connectivity index is 2.14. The summed E-state index contributed by atoms with van der Waals surface area (Å²) < 4.78 is 5.69. The van der Waals surface area contributed by atoms with Crippen LogP contribution in [0.5, 0.6) is 28.7 Å². The molecule has 0 radical (unpaired) electrons. The summed E-state index contributed by atoms with van der Waals surface area (Å²) in [5.74, 6) is 0.329. The summed E-state index contributed by atoms with van der Waals surface area (Å²) in [5.41, 5.74) is 1.83. The zero-order valence-electron chi connectivity index (χ0n) is 11.3. The van der Waals surface area contributed by atoms with E-state index in [-0.39, 0.29) is 23.0 Å². The van der Waals surface area contributed by atoms with Crippen LogP contribution in [0, 0.1) is 5.92 Å². The van der Waals surface area contributed by atoms with E-state index in [9.17, 15) is 15.3 Å². The van der Waals surface area contributed by atoms with Crippen LogP contribution >= 0.6 is 0 Å². The number of benzene rings is 2. The second-order valence-corrected chi connectivity index (χ2v) is 5.55. The number of fused-ring (bicyclic) bond motifs is 2. The third-order valence-corrected chi connectivity index (χ3v) is 4.10. The van der Waals surface area contributed by atoms with Crippen LogP contribution in [-0.4, -0.2) is 15.3 Å². The molecular formula is C17H14O4. The van der Waals surface area contributed by atoms with Crippen molar-refractivity contribution in [3.05, 3.63) is 40.3 Å². The predicted molar refractivity (Wildman–Crippen MR) is 78.0 cm³/mol. The lowest BCUT2D eigenvalue weighted by molar-refractivity contribution is 0.357. The second kappa shape index (κ2) is 3.95. The van der Waals surface area contributed by atoms with Crippen molar-refractivity contribution in [1.82, 2.24) is 0 Å². The molecule has 0 spiro atoms. The maximum Gasteiger partial charge on any atom is 0.201 e. The van der Waals surface area contributed by atoms with E-state index in [1.165, 1.54) is 6.07 Å². The highest BCUT2D eigenvalue weighted by molar-refractivity contribution is 5.81. The highest BCUT2D eigenvalue weighted by Gasteiger charge is 2.34. The van der Waals surface area contributed by atoms with E-state index in [2.05, 4.69) is 6.58 Å². The number of aromatic hydroxyl groups is 3. The molecule has 2 aromatic rings. The molecule has 0 bridgehead atoms. The zero-order chi connectivity index (χ0) is 14.7. The minimum atomic E-state index is -0.301. The number of ether oxygens (including phenoxy) is 1. The summed E-state index contributed by atoms with van der Waals surface area (Å²) in [5, 5.41) is 31.2. The topological polar surface area (TPSA) is 69.9 Å². The molecule has 1 heterocycles. The van der Waals surface area contributed by atoms with E-state index < -0.39 is 0 Å². The number of phenolic OH excluding ortho intramolecular Hbond substituents is 3. The highest BCUT2D eigenvalue weighted by Crippen LogP contribution is 2.51. The van der Waals surface area contributed by atoms with E-state index in [4.69, 9.17) is 4.74 Å². The van der Waals surface area contributed by atoms with Gasteiger partial charge < -0.3 is 20.1 Å². The largest absolute Gasteiger partial charge is 0.504 e. The van der Waals surface area contributed by atoms with Crippen LogP contribution in [0.3, 0.4) is 0 Å². The molecule has 4 heteroatoms. The Labute approximate surface area is 120 Å². The van der Waals surface area contributed by atoms with Crippen LogP contribution in [0.25, 0.3) is 12.2 Å². The van der Waals surface area contributed by atoms with Crippen molar-refractivity contribution < 1.29 is 20.1 Å². The van der Waals surface area contributed by atoms with Gasteiger partial charge in [0.1, 0.15) is 0 Å². The molecule has 1 saturated carbocycles. The van der Waals surface area contributed by atoms with Gasteiger partial charge >= 0.3 is 0 Å². The first kappa shape index (κ1) is 12.1. The minimum absolute atomic E-state index is 0.0287. The Morgan fingerprint density at radius 3 is 2.43 bits per heavy atom. The van der Waals surface area contributed by atoms with Gasteiger partial charge in [0.2, 0.25) is 5.75 Å². The maximum atomic E-state index is 10.2. The Kier molecular flexibility index (Phi) is 2.28. The van der Waals surface area contributed by atoms with Gasteiger partial charge in [-0.3, -0.25) is 0 Å². The van der Waals surface area contributed by atoms with Crippen molar-refractivity contribution in [2.24, 2.45) is 5.92 Å². The lowest BCUT2D eigenvalue weighted by Crippen LogP contribution is -2.20. The first-order chi connectivity index (χ1) is 10.1. The first-order valence-electron chi connectivity index (χ1n) is 6.86. The quantitative estimate of drug-likeness (QED) is 0.699. The fraction of sp³-hybridized carbons (Fsp3) is 0.176. The van der Waals surface area contributed by atoms with Gasteiger partial charge in [-0.05, 0) is 36.5 Å². The molecule has 0 aromatic heterocycles. The van der Waals surface area contributed by atoms with Crippen LogP contribution < -0.4 is 15.2 Å². The van der Waals surface area contributed by atoms with Crippen molar-refractivity contribution in [1.29, 1.82) is 0 Å². The third kappa shape index (κ3) is 1.62. The molecule has 21 heavy (non-hydrogen) atoms. The van der Waals surface area contributed by atoms with Crippen molar-refractivity contribution in [2.45, 2.75) is 12.8 Å². The number of hydrogen-bond acceptors (Lipinski definition) is 4. The molecule has 0 saturated heterocycles. The third-order valence-electron chi connectivity index (χ3n) is 4.10. The normalized spacial score (nSPS) is 16.1. The number of rotatable bonds is 1. The smallest absolute Gasteiger partial charge is 0.201 e. The zero-order valence-corrected chi connectivity index (χ0v) is 11.3. The van der Waals surface area contributed by atoms with Crippen LogP contribution in [0.15, 0.2) is 24.3 Å². The number of hydrogen-bond donors (Lipinski definition) is 3. The molecule has 4 nitrogen and oxygen atoms in total. The van der Waals surface area contributed by atoms with Crippen molar-refractivity contribution in [3.63, 3.8) is 0 Å². The molecule has 2 aliphatic rings. The Morgan fingerprint density at radius 2 is 1.71 bits per heavy atom. The molecule has 1 aliphatic heterocycles. The Hall–Kier alpha value is -2.62. The lowest BCUT2D eigenvalue weighted by atomic mass is 9.94. The summed E-state index contributed by atoms with van der Waals surface area (Å²) in [6, 6.07) is 6.85. The van der Waals surface area contributed by atoms with Crippen LogP contribution in [0.4, 0.5) is 0 Å². The highest BCUT2D eigenvalue weighted by atomic mass is 16.5. The van der Waals surface area contributed by atoms with E-state index in [0.29, 0.717) is 16.9 Å². The molecule has 2 aromatic carbocycles. The number of phenols is 3. The van der Waals surface area contributed by atoms with Gasteiger partial charge in [-0.25, -0.2) is 0 Å². The minimum Gasteiger partial charge on any atom is -0.504 e. The Bertz CT molecular complexity index is 879. The molecule has 0 atom stereocenters. The van der Waals surface area contributed by atoms with Gasteiger partial charge in [-0.15, -0.1) is 0 Å². The summed E-state index contributed by atoms with van der Waals surface area (Å²) in [6.07, 6.45) is 2.14. The fourth-order valence-corrected chi connectivity index (χ4v) is 2.86. The Morgan fingerprint density at radius 1 is 0.952 bits per heavy atom. The van der Waals surface area contributed by atoms with Crippen molar-refractivity contribution >= 4 is 12.2 Å². The van der Waals surface area contributed by atoms with Crippen LogP contribution in [-0.2, 0) is 0 Å². The molecule has 106 valence electrons. The molecule has 3 N–H and O–H groups in total. The van der Waals surface area contributed by atoms with Crippen LogP contribution in [0.1, 0.15) is 18.4 Å². The van der Waals surface area contributed by atoms with E-state index in [1.807, 2.05) is 6.07 Å². The lowest BCUT2D eigenvalue weighted by Gasteiger charge is -2.22. The molecule has 0 amide bonds. The van der Waals surface area contributed by atoms with E-state index in [0.717, 1.165) is 29.2 Å².